The standard InChI is InChI=1S/C5H9OS/c1-5(7-6)3-2-4-5/h2-4H2,1H3/q+1. The summed E-state index contributed by atoms with van der Waals surface area (Å²) in [4.78, 5) is 0. The molecule has 0 aromatic carbocycles. The molecule has 0 aromatic rings. The van der Waals surface area contributed by atoms with Crippen LogP contribution in [-0.2, 0) is 15.9 Å². The lowest BCUT2D eigenvalue weighted by atomic mass is 9.86. The molecule has 0 heterocycles. The minimum absolute atomic E-state index is 0.125. The molecule has 40 valence electrons. The second kappa shape index (κ2) is 1.51. The second-order valence-electron chi connectivity index (χ2n) is 2.39. The quantitative estimate of drug-likeness (QED) is 0.474. The SMILES string of the molecule is CC1([S+]=O)CCC1. The molecule has 0 N–H and O–H groups in total. The van der Waals surface area contributed by atoms with Gasteiger partial charge in [-0.05, 0) is 6.42 Å². The molecule has 0 bridgehead atoms. The van der Waals surface area contributed by atoms with Crippen LogP contribution < -0.4 is 0 Å². The summed E-state index contributed by atoms with van der Waals surface area (Å²) in [5.41, 5.74) is 0. The molecule has 2 heteroatoms. The van der Waals surface area contributed by atoms with E-state index in [9.17, 15) is 4.21 Å². The lowest BCUT2D eigenvalue weighted by Crippen LogP contribution is -2.31. The summed E-state index contributed by atoms with van der Waals surface area (Å²) in [7, 11) is 0. The molecule has 0 radical (unpaired) electrons. The molecule has 1 rings (SSSR count). The van der Waals surface area contributed by atoms with Crippen molar-refractivity contribution in [2.75, 3.05) is 0 Å². The largest absolute Gasteiger partial charge is 0.465 e. The highest BCUT2D eigenvalue weighted by Gasteiger charge is 2.45. The molecule has 0 aromatic heterocycles. The third-order valence-electron chi connectivity index (χ3n) is 1.61. The van der Waals surface area contributed by atoms with E-state index in [1.165, 1.54) is 6.42 Å². The second-order valence-corrected chi connectivity index (χ2v) is 3.54. The molecule has 1 aliphatic rings. The van der Waals surface area contributed by atoms with Gasteiger partial charge >= 0.3 is 11.7 Å². The van der Waals surface area contributed by atoms with Crippen molar-refractivity contribution in [3.8, 4) is 0 Å². The summed E-state index contributed by atoms with van der Waals surface area (Å²) in [5.74, 6) is 0. The van der Waals surface area contributed by atoms with Crippen LogP contribution in [-0.4, -0.2) is 4.75 Å². The Hall–Kier alpha value is 0.0200. The average molecular weight is 117 g/mol. The number of hydrogen-bond donors (Lipinski definition) is 0. The van der Waals surface area contributed by atoms with E-state index >= 15 is 0 Å². The van der Waals surface area contributed by atoms with Gasteiger partial charge in [-0.1, -0.05) is 0 Å². The Balaban J connectivity index is 2.43. The highest BCUT2D eigenvalue weighted by molar-refractivity contribution is 7.67. The highest BCUT2D eigenvalue weighted by atomic mass is 32.1. The van der Waals surface area contributed by atoms with Crippen LogP contribution in [0.25, 0.3) is 0 Å². The Kier molecular flexibility index (Phi) is 1.11. The van der Waals surface area contributed by atoms with Gasteiger partial charge < -0.3 is 0 Å². The van der Waals surface area contributed by atoms with Crippen molar-refractivity contribution in [2.24, 2.45) is 0 Å². The van der Waals surface area contributed by atoms with Gasteiger partial charge in [0.15, 0.2) is 0 Å². The summed E-state index contributed by atoms with van der Waals surface area (Å²) in [6.07, 6.45) is 3.51. The maximum Gasteiger partial charge on any atom is 0.465 e. The molecule has 1 fully saturated rings. The molecule has 1 nitrogen and oxygen atoms in total. The molecule has 0 spiro atoms. The summed E-state index contributed by atoms with van der Waals surface area (Å²) in [5, 5.41) is 0. The molecule has 0 amide bonds. The monoisotopic (exact) mass is 117 g/mol. The number of hydrogen-bond acceptors (Lipinski definition) is 1. The lowest BCUT2D eigenvalue weighted by molar-refractivity contribution is 0.381. The summed E-state index contributed by atoms with van der Waals surface area (Å²) in [6, 6.07) is 0. The van der Waals surface area contributed by atoms with Crippen LogP contribution in [0.5, 0.6) is 0 Å². The maximum absolute atomic E-state index is 10.2. The first-order valence-electron chi connectivity index (χ1n) is 2.58. The minimum Gasteiger partial charge on any atom is -0.0417 e. The van der Waals surface area contributed by atoms with Gasteiger partial charge in [0, 0.05) is 24.0 Å². The van der Waals surface area contributed by atoms with Crippen molar-refractivity contribution in [2.45, 2.75) is 30.9 Å². The van der Waals surface area contributed by atoms with Crippen LogP contribution in [0.4, 0.5) is 0 Å². The molecular weight excluding hydrogens is 108 g/mol. The third kappa shape index (κ3) is 0.801. The normalized spacial score (nSPS) is 25.9. The zero-order valence-corrected chi connectivity index (χ0v) is 5.25. The van der Waals surface area contributed by atoms with Gasteiger partial charge in [-0.2, -0.15) is 0 Å². The molecule has 0 unspecified atom stereocenters. The van der Waals surface area contributed by atoms with Gasteiger partial charge in [0.05, 0.1) is 0 Å². The molecule has 7 heavy (non-hydrogen) atoms. The van der Waals surface area contributed by atoms with E-state index in [1.807, 2.05) is 6.92 Å². The van der Waals surface area contributed by atoms with E-state index in [2.05, 4.69) is 0 Å². The fourth-order valence-electron chi connectivity index (χ4n) is 0.758. The van der Waals surface area contributed by atoms with Gasteiger partial charge in [0.1, 0.15) is 0 Å². The van der Waals surface area contributed by atoms with E-state index in [4.69, 9.17) is 0 Å². The van der Waals surface area contributed by atoms with Crippen LogP contribution in [0.3, 0.4) is 0 Å². The fraction of sp³-hybridized carbons (Fsp3) is 1.00. The van der Waals surface area contributed by atoms with Crippen LogP contribution in [0.1, 0.15) is 26.2 Å². The third-order valence-corrected chi connectivity index (χ3v) is 2.42. The Labute approximate surface area is 47.6 Å². The van der Waals surface area contributed by atoms with E-state index in [1.54, 1.807) is 0 Å². The van der Waals surface area contributed by atoms with Gasteiger partial charge in [-0.3, -0.25) is 0 Å². The topological polar surface area (TPSA) is 17.1 Å². The summed E-state index contributed by atoms with van der Waals surface area (Å²) < 4.78 is 10.3. The van der Waals surface area contributed by atoms with Crippen LogP contribution in [0.15, 0.2) is 0 Å². The van der Waals surface area contributed by atoms with Gasteiger partial charge in [0.2, 0.25) is 4.75 Å². The number of rotatable bonds is 1. The van der Waals surface area contributed by atoms with Gasteiger partial charge in [-0.15, -0.1) is 0 Å². The molecule has 0 saturated heterocycles. The Bertz CT molecular complexity index is 86.1. The Morgan fingerprint density at radius 2 is 2.14 bits per heavy atom. The predicted octanol–water partition coefficient (Wildman–Crippen LogP) is 1.36. The zero-order valence-electron chi connectivity index (χ0n) is 4.44. The first-order chi connectivity index (χ1) is 3.27. The first-order valence-corrected chi connectivity index (χ1v) is 3.32. The Morgan fingerprint density at radius 3 is 2.14 bits per heavy atom. The van der Waals surface area contributed by atoms with Crippen LogP contribution >= 0.6 is 0 Å². The predicted molar refractivity (Wildman–Crippen MR) is 30.3 cm³/mol. The van der Waals surface area contributed by atoms with E-state index in [-0.39, 0.29) is 4.75 Å². The molecule has 1 saturated carbocycles. The lowest BCUT2D eigenvalue weighted by Gasteiger charge is -2.19. The highest BCUT2D eigenvalue weighted by Crippen LogP contribution is 2.32. The van der Waals surface area contributed by atoms with Crippen molar-refractivity contribution >= 4 is 11.7 Å². The summed E-state index contributed by atoms with van der Waals surface area (Å²) >= 11 is 0.764. The Morgan fingerprint density at radius 1 is 1.57 bits per heavy atom. The molecule has 1 aliphatic carbocycles. The molecule has 0 atom stereocenters. The minimum atomic E-state index is 0.125. The van der Waals surface area contributed by atoms with Crippen molar-refractivity contribution < 1.29 is 4.21 Å². The van der Waals surface area contributed by atoms with E-state index in [0.717, 1.165) is 24.5 Å². The van der Waals surface area contributed by atoms with Crippen LogP contribution in [0, 0.1) is 0 Å². The average Bonchev–Trinajstić information content (AvgIpc) is 1.61. The van der Waals surface area contributed by atoms with Gasteiger partial charge in [-0.25, -0.2) is 0 Å². The van der Waals surface area contributed by atoms with Crippen molar-refractivity contribution in [1.29, 1.82) is 0 Å². The fourth-order valence-corrected chi connectivity index (χ4v) is 1.21. The van der Waals surface area contributed by atoms with Crippen molar-refractivity contribution in [1.82, 2.24) is 0 Å². The van der Waals surface area contributed by atoms with Crippen LogP contribution in [0.2, 0.25) is 0 Å². The van der Waals surface area contributed by atoms with Gasteiger partial charge in [0.25, 0.3) is 0 Å². The molecular formula is C5H9OS+. The smallest absolute Gasteiger partial charge is 0.0417 e. The van der Waals surface area contributed by atoms with Crippen molar-refractivity contribution in [3.63, 3.8) is 0 Å². The molecule has 0 aliphatic heterocycles. The van der Waals surface area contributed by atoms with Crippen molar-refractivity contribution in [3.05, 3.63) is 0 Å². The van der Waals surface area contributed by atoms with E-state index in [0.29, 0.717) is 0 Å². The zero-order chi connectivity index (χ0) is 5.33. The maximum atomic E-state index is 10.2. The first kappa shape index (κ1) is 5.16. The van der Waals surface area contributed by atoms with E-state index < -0.39 is 0 Å². The summed E-state index contributed by atoms with van der Waals surface area (Å²) in [6.45, 7) is 2.04.